The van der Waals surface area contributed by atoms with Gasteiger partial charge in [-0.05, 0) is 47.9 Å². The molecule has 2 atom stereocenters. The second-order valence-electron chi connectivity index (χ2n) is 6.29. The molecule has 0 radical (unpaired) electrons. The topological polar surface area (TPSA) is 45.1 Å². The Hall–Kier alpha value is -2.56. The molecule has 2 aromatic carbocycles. The average molecular weight is 336 g/mol. The predicted molar refractivity (Wildman–Crippen MR) is 96.5 cm³/mol. The van der Waals surface area contributed by atoms with Crippen molar-refractivity contribution >= 4 is 0 Å². The van der Waals surface area contributed by atoms with Gasteiger partial charge in [-0.25, -0.2) is 4.39 Å². The summed E-state index contributed by atoms with van der Waals surface area (Å²) in [7, 11) is 0. The van der Waals surface area contributed by atoms with Crippen molar-refractivity contribution in [1.82, 2.24) is 10.3 Å². The number of hydrogen-bond donors (Lipinski definition) is 2. The van der Waals surface area contributed by atoms with Gasteiger partial charge in [0, 0.05) is 18.9 Å². The zero-order chi connectivity index (χ0) is 17.7. The van der Waals surface area contributed by atoms with Gasteiger partial charge in [-0.1, -0.05) is 42.5 Å². The van der Waals surface area contributed by atoms with E-state index in [-0.39, 0.29) is 11.9 Å². The molecule has 0 saturated heterocycles. The van der Waals surface area contributed by atoms with Crippen LogP contribution in [-0.4, -0.2) is 16.6 Å². The molecule has 0 amide bonds. The van der Waals surface area contributed by atoms with Crippen molar-refractivity contribution in [3.8, 4) is 0 Å². The number of rotatable bonds is 6. The number of nitrogens with one attached hydrogen (secondary N) is 1. The third-order valence-electron chi connectivity index (χ3n) is 4.29. The molecule has 0 aliphatic heterocycles. The number of aliphatic hydroxyl groups is 1. The molecule has 128 valence electrons. The van der Waals surface area contributed by atoms with Gasteiger partial charge < -0.3 is 10.4 Å². The van der Waals surface area contributed by atoms with E-state index < -0.39 is 5.60 Å². The largest absolute Gasteiger partial charge is 0.384 e. The first-order valence-electron chi connectivity index (χ1n) is 8.23. The molecule has 0 spiro atoms. The summed E-state index contributed by atoms with van der Waals surface area (Å²) in [6.45, 7) is 2.04. The molecule has 0 aliphatic carbocycles. The summed E-state index contributed by atoms with van der Waals surface area (Å²) in [5, 5.41) is 14.3. The number of benzene rings is 2. The second kappa shape index (κ2) is 7.55. The van der Waals surface area contributed by atoms with Crippen molar-refractivity contribution < 1.29 is 9.50 Å². The highest BCUT2D eigenvalue weighted by atomic mass is 19.1. The first kappa shape index (κ1) is 17.3. The lowest BCUT2D eigenvalue weighted by atomic mass is 9.94. The highest BCUT2D eigenvalue weighted by molar-refractivity contribution is 5.31. The van der Waals surface area contributed by atoms with Crippen molar-refractivity contribution in [2.45, 2.75) is 18.6 Å². The minimum absolute atomic E-state index is 0.0730. The molecule has 1 heterocycles. The Balaban J connectivity index is 1.82. The zero-order valence-electron chi connectivity index (χ0n) is 14.1. The van der Waals surface area contributed by atoms with Crippen LogP contribution in [0, 0.1) is 5.82 Å². The maximum Gasteiger partial charge on any atom is 0.123 e. The molecular formula is C21H21FN2O. The smallest absolute Gasteiger partial charge is 0.123 e. The Morgan fingerprint density at radius 3 is 2.20 bits per heavy atom. The summed E-state index contributed by atoms with van der Waals surface area (Å²) >= 11 is 0. The van der Waals surface area contributed by atoms with E-state index in [4.69, 9.17) is 0 Å². The fraction of sp³-hybridized carbons (Fsp3) is 0.190. The maximum absolute atomic E-state index is 13.1. The van der Waals surface area contributed by atoms with Gasteiger partial charge in [0.15, 0.2) is 0 Å². The van der Waals surface area contributed by atoms with E-state index in [1.165, 1.54) is 12.1 Å². The first-order valence-corrected chi connectivity index (χ1v) is 8.23. The van der Waals surface area contributed by atoms with Crippen LogP contribution < -0.4 is 5.32 Å². The summed E-state index contributed by atoms with van der Waals surface area (Å²) < 4.78 is 13.1. The van der Waals surface area contributed by atoms with Crippen LogP contribution in [0.25, 0.3) is 0 Å². The van der Waals surface area contributed by atoms with E-state index in [0.717, 1.165) is 11.1 Å². The van der Waals surface area contributed by atoms with Gasteiger partial charge in [-0.3, -0.25) is 4.98 Å². The van der Waals surface area contributed by atoms with Crippen molar-refractivity contribution in [2.75, 3.05) is 6.54 Å². The predicted octanol–water partition coefficient (Wildman–Crippen LogP) is 3.81. The van der Waals surface area contributed by atoms with Crippen LogP contribution in [0.5, 0.6) is 0 Å². The highest BCUT2D eigenvalue weighted by Crippen LogP contribution is 2.25. The quantitative estimate of drug-likeness (QED) is 0.719. The number of aromatic nitrogens is 1. The molecule has 3 aromatic rings. The minimum atomic E-state index is -1.12. The van der Waals surface area contributed by atoms with Crippen LogP contribution in [0.3, 0.4) is 0 Å². The maximum atomic E-state index is 13.1. The Morgan fingerprint density at radius 1 is 0.960 bits per heavy atom. The van der Waals surface area contributed by atoms with Crippen molar-refractivity contribution in [2.24, 2.45) is 0 Å². The van der Waals surface area contributed by atoms with Crippen LogP contribution in [0.1, 0.15) is 29.7 Å². The molecule has 4 heteroatoms. The lowest BCUT2D eigenvalue weighted by Crippen LogP contribution is -2.37. The van der Waals surface area contributed by atoms with Crippen LogP contribution in [-0.2, 0) is 5.60 Å². The van der Waals surface area contributed by atoms with E-state index >= 15 is 0 Å². The molecule has 0 aliphatic rings. The van der Waals surface area contributed by atoms with Gasteiger partial charge in [0.1, 0.15) is 5.82 Å². The minimum Gasteiger partial charge on any atom is -0.384 e. The Bertz CT molecular complexity index is 750. The fourth-order valence-electron chi connectivity index (χ4n) is 2.84. The van der Waals surface area contributed by atoms with Crippen LogP contribution in [0.4, 0.5) is 4.39 Å². The third-order valence-corrected chi connectivity index (χ3v) is 4.29. The summed E-state index contributed by atoms with van der Waals surface area (Å²) in [4.78, 5) is 4.07. The molecule has 1 aromatic heterocycles. The summed E-state index contributed by atoms with van der Waals surface area (Å²) in [6.07, 6.45) is 3.51. The molecule has 2 N–H and O–H groups in total. The normalized spacial score (nSPS) is 14.7. The first-order chi connectivity index (χ1) is 12.1. The zero-order valence-corrected chi connectivity index (χ0v) is 14.1. The second-order valence-corrected chi connectivity index (χ2v) is 6.29. The molecule has 0 fully saturated rings. The van der Waals surface area contributed by atoms with Gasteiger partial charge in [0.2, 0.25) is 0 Å². The van der Waals surface area contributed by atoms with E-state index in [1.807, 2.05) is 42.5 Å². The highest BCUT2D eigenvalue weighted by Gasteiger charge is 2.25. The van der Waals surface area contributed by atoms with E-state index in [0.29, 0.717) is 12.1 Å². The van der Waals surface area contributed by atoms with E-state index in [1.54, 1.807) is 31.5 Å². The van der Waals surface area contributed by atoms with E-state index in [2.05, 4.69) is 10.3 Å². The number of hydrogen-bond acceptors (Lipinski definition) is 3. The molecule has 3 rings (SSSR count). The summed E-state index contributed by atoms with van der Waals surface area (Å²) in [5.41, 5.74) is 1.72. The van der Waals surface area contributed by atoms with Crippen LogP contribution >= 0.6 is 0 Å². The van der Waals surface area contributed by atoms with Crippen molar-refractivity contribution in [3.63, 3.8) is 0 Å². The molecule has 2 unspecified atom stereocenters. The number of nitrogens with zero attached hydrogens (tertiary/aromatic N) is 1. The van der Waals surface area contributed by atoms with Gasteiger partial charge in [0.05, 0.1) is 11.6 Å². The monoisotopic (exact) mass is 336 g/mol. The summed E-state index contributed by atoms with van der Waals surface area (Å²) in [6, 6.07) is 19.8. The van der Waals surface area contributed by atoms with Crippen LogP contribution in [0.15, 0.2) is 79.1 Å². The number of pyridine rings is 1. The number of halogens is 1. The molecular weight excluding hydrogens is 315 g/mol. The standard InChI is InChI=1S/C21H21FN2O/c1-21(25,18-7-9-19(22)10-8-18)15-24-20(16-5-3-2-4-6-16)17-11-13-23-14-12-17/h2-14,20,24-25H,15H2,1H3. The third kappa shape index (κ3) is 4.29. The SMILES string of the molecule is CC(O)(CNC(c1ccccc1)c1ccncc1)c1ccc(F)cc1. The van der Waals surface area contributed by atoms with Crippen molar-refractivity contribution in [1.29, 1.82) is 0 Å². The van der Waals surface area contributed by atoms with Gasteiger partial charge >= 0.3 is 0 Å². The Kier molecular flexibility index (Phi) is 5.22. The lowest BCUT2D eigenvalue weighted by Gasteiger charge is -2.28. The summed E-state index contributed by atoms with van der Waals surface area (Å²) in [5.74, 6) is -0.313. The molecule has 0 saturated carbocycles. The fourth-order valence-corrected chi connectivity index (χ4v) is 2.84. The van der Waals surface area contributed by atoms with Crippen molar-refractivity contribution in [3.05, 3.63) is 102 Å². The lowest BCUT2D eigenvalue weighted by molar-refractivity contribution is 0.0550. The Labute approximate surface area is 147 Å². The van der Waals surface area contributed by atoms with Gasteiger partial charge in [-0.15, -0.1) is 0 Å². The molecule has 25 heavy (non-hydrogen) atoms. The van der Waals surface area contributed by atoms with E-state index in [9.17, 15) is 9.50 Å². The van der Waals surface area contributed by atoms with Crippen LogP contribution in [0.2, 0.25) is 0 Å². The Morgan fingerprint density at radius 2 is 1.56 bits per heavy atom. The molecule has 3 nitrogen and oxygen atoms in total. The molecule has 0 bridgehead atoms. The average Bonchev–Trinajstić information content (AvgIpc) is 2.64. The van der Waals surface area contributed by atoms with Gasteiger partial charge in [0.25, 0.3) is 0 Å². The van der Waals surface area contributed by atoms with Gasteiger partial charge in [-0.2, -0.15) is 0 Å².